The van der Waals surface area contributed by atoms with Gasteiger partial charge >= 0.3 is 5.97 Å². The molecule has 0 heterocycles. The van der Waals surface area contributed by atoms with Crippen molar-refractivity contribution in [2.24, 2.45) is 11.8 Å². The molecule has 0 aromatic heterocycles. The lowest BCUT2D eigenvalue weighted by Gasteiger charge is -2.28. The van der Waals surface area contributed by atoms with Gasteiger partial charge < -0.3 is 15.3 Å². The fourth-order valence-corrected chi connectivity index (χ4v) is 2.02. The first-order valence-corrected chi connectivity index (χ1v) is 5.80. The number of hydrogen-bond acceptors (Lipinski definition) is 3. The van der Waals surface area contributed by atoms with Crippen molar-refractivity contribution < 1.29 is 19.5 Å². The Morgan fingerprint density at radius 1 is 1.28 bits per heavy atom. The fourth-order valence-electron chi connectivity index (χ4n) is 2.02. The lowest BCUT2D eigenvalue weighted by Crippen LogP contribution is -2.43. The molecule has 1 aliphatic carbocycles. The molecule has 0 saturated heterocycles. The van der Waals surface area contributed by atoms with E-state index in [1.54, 1.807) is 6.08 Å². The van der Waals surface area contributed by atoms with Gasteiger partial charge in [0, 0.05) is 14.1 Å². The molecule has 18 heavy (non-hydrogen) atoms. The van der Waals surface area contributed by atoms with Gasteiger partial charge in [0.1, 0.15) is 0 Å². The van der Waals surface area contributed by atoms with Gasteiger partial charge in [-0.2, -0.15) is 0 Å². The van der Waals surface area contributed by atoms with Crippen molar-refractivity contribution in [3.63, 3.8) is 0 Å². The van der Waals surface area contributed by atoms with Crippen LogP contribution < -0.4 is 5.32 Å². The number of allylic oxidation sites excluding steroid dienone is 2. The molecule has 0 bridgehead atoms. The van der Waals surface area contributed by atoms with Crippen molar-refractivity contribution in [1.29, 1.82) is 0 Å². The number of hydrogen-bond donors (Lipinski definition) is 2. The monoisotopic (exact) mass is 254 g/mol. The van der Waals surface area contributed by atoms with Crippen molar-refractivity contribution in [3.05, 3.63) is 12.2 Å². The van der Waals surface area contributed by atoms with E-state index in [1.165, 1.54) is 19.0 Å². The summed E-state index contributed by atoms with van der Waals surface area (Å²) in [6, 6.07) is 0. The number of carbonyl (C=O) groups excluding carboxylic acids is 2. The second kappa shape index (κ2) is 6.18. The maximum absolute atomic E-state index is 12.1. The standard InChI is InChI=1S/C12H18N2O4/c1-13-10(15)7-14(2)11(16)8-5-3-4-6-9(8)12(17)18/h3-4,8-9H,5-7H2,1-2H3,(H,13,15)(H,17,18). The number of likely N-dealkylation sites (N-methyl/N-ethyl adjacent to an activating group) is 2. The molecule has 0 saturated carbocycles. The molecule has 2 atom stereocenters. The number of nitrogens with zero attached hydrogens (tertiary/aromatic N) is 1. The van der Waals surface area contributed by atoms with Crippen LogP contribution in [0.5, 0.6) is 0 Å². The Labute approximate surface area is 106 Å². The van der Waals surface area contributed by atoms with Crippen molar-refractivity contribution in [2.75, 3.05) is 20.6 Å². The zero-order valence-electron chi connectivity index (χ0n) is 10.5. The minimum absolute atomic E-state index is 0.0537. The number of amides is 2. The summed E-state index contributed by atoms with van der Waals surface area (Å²) < 4.78 is 0. The lowest BCUT2D eigenvalue weighted by molar-refractivity contribution is -0.150. The fraction of sp³-hybridized carbons (Fsp3) is 0.583. The van der Waals surface area contributed by atoms with Crippen LogP contribution in [-0.2, 0) is 14.4 Å². The average molecular weight is 254 g/mol. The van der Waals surface area contributed by atoms with Gasteiger partial charge in [-0.15, -0.1) is 0 Å². The lowest BCUT2D eigenvalue weighted by atomic mass is 9.82. The van der Waals surface area contributed by atoms with E-state index in [-0.39, 0.29) is 18.4 Å². The van der Waals surface area contributed by atoms with E-state index >= 15 is 0 Å². The smallest absolute Gasteiger partial charge is 0.307 e. The maximum atomic E-state index is 12.1. The molecule has 6 nitrogen and oxygen atoms in total. The first kappa shape index (κ1) is 14.2. The molecule has 0 radical (unpaired) electrons. The summed E-state index contributed by atoms with van der Waals surface area (Å²) in [4.78, 5) is 35.7. The van der Waals surface area contributed by atoms with Crippen LogP contribution >= 0.6 is 0 Å². The van der Waals surface area contributed by atoms with Crippen LogP contribution in [0, 0.1) is 11.8 Å². The molecule has 0 aromatic carbocycles. The Morgan fingerprint density at radius 2 is 1.83 bits per heavy atom. The molecule has 1 rings (SSSR count). The number of carboxylic acid groups (broad SMARTS) is 1. The molecular weight excluding hydrogens is 236 g/mol. The van der Waals surface area contributed by atoms with Crippen molar-refractivity contribution >= 4 is 17.8 Å². The van der Waals surface area contributed by atoms with Gasteiger partial charge in [0.25, 0.3) is 0 Å². The van der Waals surface area contributed by atoms with Crippen molar-refractivity contribution in [3.8, 4) is 0 Å². The molecule has 2 unspecified atom stereocenters. The highest BCUT2D eigenvalue weighted by atomic mass is 16.4. The summed E-state index contributed by atoms with van der Waals surface area (Å²) in [7, 11) is 3.00. The number of nitrogens with one attached hydrogen (secondary N) is 1. The van der Waals surface area contributed by atoms with E-state index < -0.39 is 17.8 Å². The highest BCUT2D eigenvalue weighted by Crippen LogP contribution is 2.27. The second-order valence-electron chi connectivity index (χ2n) is 4.36. The van der Waals surface area contributed by atoms with Crippen LogP contribution in [0.1, 0.15) is 12.8 Å². The van der Waals surface area contributed by atoms with Gasteiger partial charge in [0.05, 0.1) is 18.4 Å². The van der Waals surface area contributed by atoms with E-state index in [9.17, 15) is 14.4 Å². The minimum Gasteiger partial charge on any atom is -0.481 e. The molecule has 100 valence electrons. The minimum atomic E-state index is -0.967. The van der Waals surface area contributed by atoms with Gasteiger partial charge in [-0.25, -0.2) is 0 Å². The Morgan fingerprint density at radius 3 is 2.33 bits per heavy atom. The molecule has 2 N–H and O–H groups in total. The van der Waals surface area contributed by atoms with Gasteiger partial charge in [-0.05, 0) is 12.8 Å². The summed E-state index contributed by atoms with van der Waals surface area (Å²) >= 11 is 0. The SMILES string of the molecule is CNC(=O)CN(C)C(=O)C1CC=CCC1C(=O)O. The van der Waals surface area contributed by atoms with Crippen LogP contribution in [0.2, 0.25) is 0 Å². The Balaban J connectivity index is 2.72. The zero-order chi connectivity index (χ0) is 13.7. The number of rotatable bonds is 4. The Kier molecular flexibility index (Phi) is 4.88. The van der Waals surface area contributed by atoms with Crippen LogP contribution in [0.3, 0.4) is 0 Å². The van der Waals surface area contributed by atoms with E-state index in [1.807, 2.05) is 6.08 Å². The quantitative estimate of drug-likeness (QED) is 0.683. The maximum Gasteiger partial charge on any atom is 0.307 e. The molecule has 0 spiro atoms. The summed E-state index contributed by atoms with van der Waals surface area (Å²) in [5, 5.41) is 11.5. The summed E-state index contributed by atoms with van der Waals surface area (Å²) in [6.07, 6.45) is 4.37. The van der Waals surface area contributed by atoms with Crippen LogP contribution in [-0.4, -0.2) is 48.4 Å². The number of carboxylic acids is 1. The topological polar surface area (TPSA) is 86.7 Å². The Bertz CT molecular complexity index is 378. The molecule has 6 heteroatoms. The van der Waals surface area contributed by atoms with E-state index in [0.717, 1.165) is 0 Å². The first-order valence-electron chi connectivity index (χ1n) is 5.80. The molecular formula is C12H18N2O4. The molecule has 2 amide bonds. The van der Waals surface area contributed by atoms with E-state index in [2.05, 4.69) is 5.32 Å². The average Bonchev–Trinajstić information content (AvgIpc) is 2.37. The van der Waals surface area contributed by atoms with E-state index in [4.69, 9.17) is 5.11 Å². The summed E-state index contributed by atoms with van der Waals surface area (Å²) in [6.45, 7) is -0.0537. The van der Waals surface area contributed by atoms with Gasteiger partial charge in [0.2, 0.25) is 11.8 Å². The summed E-state index contributed by atoms with van der Waals surface area (Å²) in [5.74, 6) is -2.82. The molecule has 0 aromatic rings. The largest absolute Gasteiger partial charge is 0.481 e. The third kappa shape index (κ3) is 3.32. The third-order valence-corrected chi connectivity index (χ3v) is 3.10. The van der Waals surface area contributed by atoms with Crippen molar-refractivity contribution in [2.45, 2.75) is 12.8 Å². The highest BCUT2D eigenvalue weighted by molar-refractivity contribution is 5.88. The first-order chi connectivity index (χ1) is 8.47. The molecule has 0 fully saturated rings. The van der Waals surface area contributed by atoms with Crippen LogP contribution in [0.15, 0.2) is 12.2 Å². The summed E-state index contributed by atoms with van der Waals surface area (Å²) in [5.41, 5.74) is 0. The van der Waals surface area contributed by atoms with Crippen molar-refractivity contribution in [1.82, 2.24) is 10.2 Å². The van der Waals surface area contributed by atoms with E-state index in [0.29, 0.717) is 12.8 Å². The highest BCUT2D eigenvalue weighted by Gasteiger charge is 2.35. The van der Waals surface area contributed by atoms with Gasteiger partial charge in [-0.3, -0.25) is 14.4 Å². The second-order valence-corrected chi connectivity index (χ2v) is 4.36. The predicted molar refractivity (Wildman–Crippen MR) is 64.7 cm³/mol. The molecule has 1 aliphatic rings. The molecule has 0 aliphatic heterocycles. The number of aliphatic carboxylic acids is 1. The predicted octanol–water partition coefficient (Wildman–Crippen LogP) is -0.142. The van der Waals surface area contributed by atoms with Gasteiger partial charge in [-0.1, -0.05) is 12.2 Å². The van der Waals surface area contributed by atoms with Gasteiger partial charge in [0.15, 0.2) is 0 Å². The Hall–Kier alpha value is -1.85. The number of carbonyl (C=O) groups is 3. The van der Waals surface area contributed by atoms with Crippen LogP contribution in [0.25, 0.3) is 0 Å². The zero-order valence-corrected chi connectivity index (χ0v) is 10.5. The normalized spacial score (nSPS) is 22.3. The van der Waals surface area contributed by atoms with Crippen LogP contribution in [0.4, 0.5) is 0 Å². The third-order valence-electron chi connectivity index (χ3n) is 3.10.